The van der Waals surface area contributed by atoms with Gasteiger partial charge in [0.15, 0.2) is 0 Å². The first kappa shape index (κ1) is 28.1. The van der Waals surface area contributed by atoms with E-state index < -0.39 is 0 Å². The van der Waals surface area contributed by atoms with Gasteiger partial charge in [0.1, 0.15) is 0 Å². The van der Waals surface area contributed by atoms with Crippen LogP contribution in [0.2, 0.25) is 5.02 Å². The normalized spacial score (nSPS) is 13.7. The molecule has 0 bridgehead atoms. The fraction of sp³-hybridized carbons (Fsp3) is 0.469. The lowest BCUT2D eigenvalue weighted by molar-refractivity contribution is 0.797. The lowest BCUT2D eigenvalue weighted by Crippen LogP contribution is -2.28. The van der Waals surface area contributed by atoms with Gasteiger partial charge in [0.2, 0.25) is 0 Å². The summed E-state index contributed by atoms with van der Waals surface area (Å²) in [6.07, 6.45) is 3.29. The fourth-order valence-corrected chi connectivity index (χ4v) is 5.18. The van der Waals surface area contributed by atoms with Gasteiger partial charge in [0.25, 0.3) is 0 Å². The molecule has 2 aromatic carbocycles. The average Bonchev–Trinajstić information content (AvgIpc) is 3.33. The summed E-state index contributed by atoms with van der Waals surface area (Å²) < 4.78 is 0. The highest BCUT2D eigenvalue weighted by atomic mass is 35.5. The van der Waals surface area contributed by atoms with E-state index in [1.807, 2.05) is 0 Å². The second-order valence-electron chi connectivity index (χ2n) is 11.0. The van der Waals surface area contributed by atoms with Crippen LogP contribution < -0.4 is 9.80 Å². The molecule has 1 saturated heterocycles. The summed E-state index contributed by atoms with van der Waals surface area (Å²) in [5.74, 6) is 2.14. The number of nitrogens with zero attached hydrogens (tertiary/aromatic N) is 3. The Balaban J connectivity index is 0.000000444. The van der Waals surface area contributed by atoms with Crippen LogP contribution in [0, 0.1) is 0 Å². The number of anilines is 2. The molecule has 4 heteroatoms. The van der Waals surface area contributed by atoms with Gasteiger partial charge in [0, 0.05) is 36.9 Å². The van der Waals surface area contributed by atoms with Gasteiger partial charge in [-0.3, -0.25) is 4.98 Å². The van der Waals surface area contributed by atoms with Crippen molar-refractivity contribution in [2.24, 2.45) is 0 Å². The van der Waals surface area contributed by atoms with Crippen molar-refractivity contribution in [2.75, 3.05) is 29.6 Å². The highest BCUT2D eigenvalue weighted by molar-refractivity contribution is 6.30. The fourth-order valence-electron chi connectivity index (χ4n) is 5.05. The van der Waals surface area contributed by atoms with Crippen LogP contribution in [-0.2, 0) is 0 Å². The third-order valence-electron chi connectivity index (χ3n) is 6.92. The van der Waals surface area contributed by atoms with Crippen LogP contribution in [0.25, 0.3) is 0 Å². The Morgan fingerprint density at radius 2 is 1.00 bits per heavy atom. The molecule has 0 saturated carbocycles. The molecular formula is C32H44ClN3. The van der Waals surface area contributed by atoms with E-state index in [-0.39, 0.29) is 0 Å². The first-order valence-corrected chi connectivity index (χ1v) is 13.8. The largest absolute Gasteiger partial charge is 0.352 e. The number of pyridine rings is 1. The Morgan fingerprint density at radius 3 is 1.25 bits per heavy atom. The second kappa shape index (κ2) is 12.6. The standard InChI is InChI=1S/C27H40N2.C5H4ClN/c1-18(2)22-11-9-12-23(19(3)4)26(22)28-15-16-29(17-28)27-24(20(5)6)13-10-14-25(27)21(7)8;6-5-2-1-3-7-4-5/h9-14,18-21H,15-17H2,1-8H3;1-4H. The first-order valence-electron chi connectivity index (χ1n) is 13.4. The van der Waals surface area contributed by atoms with Crippen LogP contribution in [0.3, 0.4) is 0 Å². The van der Waals surface area contributed by atoms with E-state index in [1.54, 1.807) is 24.5 Å². The maximum atomic E-state index is 5.48. The third-order valence-corrected chi connectivity index (χ3v) is 7.15. The smallest absolute Gasteiger partial charge is 0.0904 e. The number of rotatable bonds is 6. The van der Waals surface area contributed by atoms with Gasteiger partial charge >= 0.3 is 0 Å². The molecule has 3 aromatic rings. The van der Waals surface area contributed by atoms with Crippen LogP contribution in [0.1, 0.15) is 101 Å². The van der Waals surface area contributed by atoms with Crippen molar-refractivity contribution in [3.63, 3.8) is 0 Å². The van der Waals surface area contributed by atoms with E-state index in [9.17, 15) is 0 Å². The van der Waals surface area contributed by atoms with E-state index in [1.165, 1.54) is 33.6 Å². The van der Waals surface area contributed by atoms with Crippen molar-refractivity contribution in [1.29, 1.82) is 0 Å². The van der Waals surface area contributed by atoms with E-state index >= 15 is 0 Å². The van der Waals surface area contributed by atoms with Crippen molar-refractivity contribution in [1.82, 2.24) is 4.98 Å². The van der Waals surface area contributed by atoms with Crippen LogP contribution in [-0.4, -0.2) is 24.7 Å². The molecule has 2 heterocycles. The zero-order chi connectivity index (χ0) is 26.4. The highest BCUT2D eigenvalue weighted by Gasteiger charge is 2.29. The van der Waals surface area contributed by atoms with Gasteiger partial charge in [0.05, 0.1) is 11.7 Å². The Kier molecular flexibility index (Phi) is 9.84. The van der Waals surface area contributed by atoms with Gasteiger partial charge in [-0.2, -0.15) is 0 Å². The van der Waals surface area contributed by atoms with Crippen LogP contribution in [0.15, 0.2) is 60.9 Å². The molecule has 0 amide bonds. The molecule has 1 aromatic heterocycles. The van der Waals surface area contributed by atoms with Crippen molar-refractivity contribution in [3.05, 3.63) is 88.2 Å². The van der Waals surface area contributed by atoms with Gasteiger partial charge in [-0.05, 0) is 58.1 Å². The van der Waals surface area contributed by atoms with Crippen molar-refractivity contribution in [2.45, 2.75) is 79.1 Å². The first-order chi connectivity index (χ1) is 17.1. The van der Waals surface area contributed by atoms with Gasteiger partial charge < -0.3 is 9.80 Å². The minimum absolute atomic E-state index is 0.534. The van der Waals surface area contributed by atoms with E-state index in [0.717, 1.165) is 19.8 Å². The number of hydrogen-bond acceptors (Lipinski definition) is 3. The topological polar surface area (TPSA) is 19.4 Å². The molecule has 1 aliphatic rings. The molecule has 4 rings (SSSR count). The molecule has 1 fully saturated rings. The van der Waals surface area contributed by atoms with Crippen molar-refractivity contribution >= 4 is 23.0 Å². The van der Waals surface area contributed by atoms with Crippen LogP contribution in [0.5, 0.6) is 0 Å². The predicted molar refractivity (Wildman–Crippen MR) is 158 cm³/mol. The Hall–Kier alpha value is -2.52. The average molecular weight is 506 g/mol. The Morgan fingerprint density at radius 1 is 0.611 bits per heavy atom. The molecule has 0 N–H and O–H groups in total. The van der Waals surface area contributed by atoms with Gasteiger partial charge in [-0.15, -0.1) is 0 Å². The number of halogens is 1. The summed E-state index contributed by atoms with van der Waals surface area (Å²) in [6, 6.07) is 17.4. The van der Waals surface area contributed by atoms with Crippen molar-refractivity contribution < 1.29 is 0 Å². The van der Waals surface area contributed by atoms with Gasteiger partial charge in [-0.25, -0.2) is 0 Å². The SMILES string of the molecule is CC(C)c1cccc(C(C)C)c1N1CCN(c2c(C(C)C)cccc2C(C)C)C1.Clc1cccnc1. The summed E-state index contributed by atoms with van der Waals surface area (Å²) in [5, 5.41) is 0.683. The second-order valence-corrected chi connectivity index (χ2v) is 11.5. The molecule has 0 unspecified atom stereocenters. The lowest BCUT2D eigenvalue weighted by atomic mass is 9.92. The maximum absolute atomic E-state index is 5.48. The maximum Gasteiger partial charge on any atom is 0.0904 e. The highest BCUT2D eigenvalue weighted by Crippen LogP contribution is 2.40. The van der Waals surface area contributed by atoms with E-state index in [2.05, 4.69) is 107 Å². The predicted octanol–water partition coefficient (Wildman–Crippen LogP) is 9.20. The molecule has 1 aliphatic heterocycles. The van der Waals surface area contributed by atoms with Crippen LogP contribution in [0.4, 0.5) is 11.4 Å². The number of aromatic nitrogens is 1. The third kappa shape index (κ3) is 6.62. The molecular weight excluding hydrogens is 462 g/mol. The number of hydrogen-bond donors (Lipinski definition) is 0. The lowest BCUT2D eigenvalue weighted by Gasteiger charge is -2.31. The molecule has 0 radical (unpaired) electrons. The molecule has 3 nitrogen and oxygen atoms in total. The Labute approximate surface area is 224 Å². The molecule has 36 heavy (non-hydrogen) atoms. The summed E-state index contributed by atoms with van der Waals surface area (Å²) in [4.78, 5) is 9.01. The zero-order valence-electron chi connectivity index (χ0n) is 23.4. The molecule has 194 valence electrons. The summed E-state index contributed by atoms with van der Waals surface area (Å²) >= 11 is 5.48. The minimum Gasteiger partial charge on any atom is -0.352 e. The quantitative estimate of drug-likeness (QED) is 0.332. The number of benzene rings is 2. The monoisotopic (exact) mass is 505 g/mol. The van der Waals surface area contributed by atoms with Crippen LogP contribution >= 0.6 is 11.6 Å². The van der Waals surface area contributed by atoms with E-state index in [0.29, 0.717) is 28.7 Å². The Bertz CT molecular complexity index is 984. The zero-order valence-corrected chi connectivity index (χ0v) is 24.2. The van der Waals surface area contributed by atoms with E-state index in [4.69, 9.17) is 11.6 Å². The van der Waals surface area contributed by atoms with Gasteiger partial charge in [-0.1, -0.05) is 103 Å². The molecule has 0 aliphatic carbocycles. The minimum atomic E-state index is 0.534. The summed E-state index contributed by atoms with van der Waals surface area (Å²) in [7, 11) is 0. The van der Waals surface area contributed by atoms with Crippen molar-refractivity contribution in [3.8, 4) is 0 Å². The summed E-state index contributed by atoms with van der Waals surface area (Å²) in [6.45, 7) is 21.7. The molecule has 0 atom stereocenters. The number of para-hydroxylation sites is 2. The summed E-state index contributed by atoms with van der Waals surface area (Å²) in [5.41, 5.74) is 8.90. The molecule has 0 spiro atoms.